The van der Waals surface area contributed by atoms with Crippen LogP contribution in [0.5, 0.6) is 0 Å². The van der Waals surface area contributed by atoms with Gasteiger partial charge in [-0.1, -0.05) is 12.1 Å². The molecule has 5 heteroatoms. The number of benzene rings is 1. The molecule has 1 amide bonds. The van der Waals surface area contributed by atoms with E-state index in [1.54, 1.807) is 4.90 Å². The van der Waals surface area contributed by atoms with Crippen molar-refractivity contribution in [2.45, 2.75) is 31.5 Å². The monoisotopic (exact) mass is 299 g/mol. The number of carbonyl (C=O) groups is 1. The highest BCUT2D eigenvalue weighted by Gasteiger charge is 2.38. The third kappa shape index (κ3) is 2.72. The summed E-state index contributed by atoms with van der Waals surface area (Å²) >= 11 is 0. The minimum absolute atomic E-state index is 0.0477. The fraction of sp³-hybridized carbons (Fsp3) is 0.529. The normalized spacial score (nSPS) is 23.9. The molecule has 0 bridgehead atoms. The Bertz CT molecular complexity index is 615. The van der Waals surface area contributed by atoms with Crippen molar-refractivity contribution in [1.82, 2.24) is 9.80 Å². The molecule has 1 aromatic carbocycles. The van der Waals surface area contributed by atoms with Crippen LogP contribution in [0.1, 0.15) is 40.4 Å². The Balaban J connectivity index is 1.86. The van der Waals surface area contributed by atoms with Crippen molar-refractivity contribution in [2.75, 3.05) is 27.2 Å². The largest absolute Gasteiger partial charge is 0.376 e. The second-order valence-corrected chi connectivity index (χ2v) is 6.28. The quantitative estimate of drug-likeness (QED) is 0.852. The Morgan fingerprint density at radius 3 is 2.91 bits per heavy atom. The maximum atomic E-state index is 12.6. The lowest BCUT2D eigenvalue weighted by molar-refractivity contribution is 0.0511. The highest BCUT2D eigenvalue weighted by Crippen LogP contribution is 2.35. The molecular formula is C17H21N3O2. The molecule has 2 unspecified atom stereocenters. The summed E-state index contributed by atoms with van der Waals surface area (Å²) < 4.78 is 5.62. The standard InChI is InChI=1S/C17H21N3O2/c1-19(2)10-12-5-6-14-15(8-12)16(9-18)20(17(14)21)11-13-4-3-7-22-13/h5-6,8,13,16H,3-4,7,10-11H2,1-2H3. The van der Waals surface area contributed by atoms with E-state index < -0.39 is 6.04 Å². The van der Waals surface area contributed by atoms with Crippen molar-refractivity contribution < 1.29 is 9.53 Å². The second kappa shape index (κ2) is 6.07. The first-order valence-electron chi connectivity index (χ1n) is 7.70. The van der Waals surface area contributed by atoms with Gasteiger partial charge < -0.3 is 14.5 Å². The average Bonchev–Trinajstić information content (AvgIpc) is 3.07. The average molecular weight is 299 g/mol. The first-order valence-corrected chi connectivity index (χ1v) is 7.70. The van der Waals surface area contributed by atoms with Gasteiger partial charge >= 0.3 is 0 Å². The molecule has 22 heavy (non-hydrogen) atoms. The zero-order valence-corrected chi connectivity index (χ0v) is 13.1. The maximum Gasteiger partial charge on any atom is 0.255 e. The molecule has 0 saturated carbocycles. The maximum absolute atomic E-state index is 12.6. The summed E-state index contributed by atoms with van der Waals surface area (Å²) in [6, 6.07) is 7.63. The molecule has 2 heterocycles. The third-order valence-electron chi connectivity index (χ3n) is 4.26. The third-order valence-corrected chi connectivity index (χ3v) is 4.26. The molecule has 1 saturated heterocycles. The van der Waals surface area contributed by atoms with Crippen molar-refractivity contribution in [3.05, 3.63) is 34.9 Å². The lowest BCUT2D eigenvalue weighted by Crippen LogP contribution is -2.34. The van der Waals surface area contributed by atoms with Crippen molar-refractivity contribution in [2.24, 2.45) is 0 Å². The number of carbonyl (C=O) groups excluding carboxylic acids is 1. The summed E-state index contributed by atoms with van der Waals surface area (Å²) in [4.78, 5) is 16.3. The van der Waals surface area contributed by atoms with E-state index in [0.717, 1.165) is 37.1 Å². The van der Waals surface area contributed by atoms with Crippen molar-refractivity contribution in [1.29, 1.82) is 5.26 Å². The Morgan fingerprint density at radius 1 is 1.45 bits per heavy atom. The fourth-order valence-corrected chi connectivity index (χ4v) is 3.27. The van der Waals surface area contributed by atoms with E-state index in [1.165, 1.54) is 0 Å². The Kier molecular flexibility index (Phi) is 4.14. The number of amides is 1. The van der Waals surface area contributed by atoms with E-state index in [2.05, 4.69) is 11.0 Å². The Labute approximate surface area is 131 Å². The van der Waals surface area contributed by atoms with Crippen LogP contribution < -0.4 is 0 Å². The summed E-state index contributed by atoms with van der Waals surface area (Å²) in [6.45, 7) is 2.06. The molecule has 0 aliphatic carbocycles. The number of nitrogens with zero attached hydrogens (tertiary/aromatic N) is 3. The fourth-order valence-electron chi connectivity index (χ4n) is 3.27. The molecule has 1 aromatic rings. The van der Waals surface area contributed by atoms with Gasteiger partial charge in [0.2, 0.25) is 0 Å². The van der Waals surface area contributed by atoms with Gasteiger partial charge in [-0.3, -0.25) is 4.79 Å². The van der Waals surface area contributed by atoms with E-state index in [4.69, 9.17) is 4.74 Å². The second-order valence-electron chi connectivity index (χ2n) is 6.28. The SMILES string of the molecule is CN(C)Cc1ccc2c(c1)C(C#N)N(CC1CCCO1)C2=O. The van der Waals surface area contributed by atoms with Crippen LogP contribution in [0, 0.1) is 11.3 Å². The van der Waals surface area contributed by atoms with Crippen molar-refractivity contribution >= 4 is 5.91 Å². The lowest BCUT2D eigenvalue weighted by atomic mass is 10.0. The molecule has 116 valence electrons. The summed E-state index contributed by atoms with van der Waals surface area (Å²) in [6.07, 6.45) is 2.06. The summed E-state index contributed by atoms with van der Waals surface area (Å²) in [5.41, 5.74) is 2.62. The van der Waals surface area contributed by atoms with Gasteiger partial charge in [0.25, 0.3) is 5.91 Å². The molecule has 1 fully saturated rings. The lowest BCUT2D eigenvalue weighted by Gasteiger charge is -2.23. The molecule has 5 nitrogen and oxygen atoms in total. The number of nitriles is 1. The zero-order valence-electron chi connectivity index (χ0n) is 13.1. The predicted octanol–water partition coefficient (Wildman–Crippen LogP) is 1.95. The van der Waals surface area contributed by atoms with Gasteiger partial charge in [-0.25, -0.2) is 0 Å². The van der Waals surface area contributed by atoms with Crippen molar-refractivity contribution in [3.8, 4) is 6.07 Å². The van der Waals surface area contributed by atoms with Gasteiger partial charge in [0, 0.05) is 30.8 Å². The summed E-state index contributed by atoms with van der Waals surface area (Å²) in [7, 11) is 4.01. The van der Waals surface area contributed by atoms with Gasteiger partial charge in [-0.2, -0.15) is 5.26 Å². The van der Waals surface area contributed by atoms with Crippen LogP contribution in [-0.4, -0.2) is 49.1 Å². The minimum atomic E-state index is -0.492. The molecular weight excluding hydrogens is 278 g/mol. The molecule has 2 aliphatic heterocycles. The number of hydrogen-bond acceptors (Lipinski definition) is 4. The molecule has 3 rings (SSSR count). The highest BCUT2D eigenvalue weighted by atomic mass is 16.5. The van der Waals surface area contributed by atoms with Crippen LogP contribution >= 0.6 is 0 Å². The number of fused-ring (bicyclic) bond motifs is 1. The van der Waals surface area contributed by atoms with E-state index in [9.17, 15) is 10.1 Å². The summed E-state index contributed by atoms with van der Waals surface area (Å²) in [5, 5.41) is 9.55. The van der Waals surface area contributed by atoms with Gasteiger partial charge in [0.15, 0.2) is 0 Å². The molecule has 2 aliphatic rings. The van der Waals surface area contributed by atoms with Crippen LogP contribution in [0.2, 0.25) is 0 Å². The van der Waals surface area contributed by atoms with Crippen LogP contribution in [0.25, 0.3) is 0 Å². The van der Waals surface area contributed by atoms with Crippen LogP contribution in [0.3, 0.4) is 0 Å². The van der Waals surface area contributed by atoms with E-state index >= 15 is 0 Å². The zero-order chi connectivity index (χ0) is 15.7. The van der Waals surface area contributed by atoms with Crippen LogP contribution in [-0.2, 0) is 11.3 Å². The minimum Gasteiger partial charge on any atom is -0.376 e. The van der Waals surface area contributed by atoms with Gasteiger partial charge in [0.05, 0.1) is 12.2 Å². The molecule has 0 N–H and O–H groups in total. The van der Waals surface area contributed by atoms with E-state index in [-0.39, 0.29) is 12.0 Å². The number of hydrogen-bond donors (Lipinski definition) is 0. The molecule has 2 atom stereocenters. The molecule has 0 radical (unpaired) electrons. The summed E-state index contributed by atoms with van der Waals surface area (Å²) in [5.74, 6) is -0.0477. The topological polar surface area (TPSA) is 56.6 Å². The van der Waals surface area contributed by atoms with Crippen molar-refractivity contribution in [3.63, 3.8) is 0 Å². The first kappa shape index (κ1) is 15.0. The van der Waals surface area contributed by atoms with E-state index in [1.807, 2.05) is 32.3 Å². The van der Waals surface area contributed by atoms with Crippen LogP contribution in [0.15, 0.2) is 18.2 Å². The Morgan fingerprint density at radius 2 is 2.27 bits per heavy atom. The van der Waals surface area contributed by atoms with E-state index in [0.29, 0.717) is 12.1 Å². The Hall–Kier alpha value is -1.90. The van der Waals surface area contributed by atoms with Gasteiger partial charge in [0.1, 0.15) is 6.04 Å². The predicted molar refractivity (Wildman–Crippen MR) is 82.2 cm³/mol. The molecule has 0 spiro atoms. The van der Waals surface area contributed by atoms with Crippen LogP contribution in [0.4, 0.5) is 0 Å². The molecule has 0 aromatic heterocycles. The number of ether oxygens (including phenoxy) is 1. The smallest absolute Gasteiger partial charge is 0.255 e. The van der Waals surface area contributed by atoms with Gasteiger partial charge in [-0.05, 0) is 38.6 Å². The first-order chi connectivity index (χ1) is 10.6. The highest BCUT2D eigenvalue weighted by molar-refractivity contribution is 5.99. The van der Waals surface area contributed by atoms with Gasteiger partial charge in [-0.15, -0.1) is 0 Å². The number of rotatable bonds is 4.